The number of nitrogens with zero attached hydrogens (tertiary/aromatic N) is 3. The van der Waals surface area contributed by atoms with E-state index >= 15 is 0 Å². The highest BCUT2D eigenvalue weighted by atomic mass is 28.4. The molecule has 0 spiro atoms. The molecule has 0 fully saturated rings. The van der Waals surface area contributed by atoms with Crippen LogP contribution >= 0.6 is 0 Å². The normalized spacial score (nSPS) is 13.3. The highest BCUT2D eigenvalue weighted by Gasteiger charge is 2.31. The molecule has 0 saturated carbocycles. The second-order valence-electron chi connectivity index (χ2n) is 3.58. The number of aliphatic hydroxyl groups excluding tert-OH is 1. The van der Waals surface area contributed by atoms with Gasteiger partial charge >= 0.3 is 0 Å². The zero-order valence-corrected chi connectivity index (χ0v) is 10.8. The number of hydrogen-bond donors (Lipinski definition) is 1. The smallest absolute Gasteiger partial charge is 0.192 e. The first-order valence-electron chi connectivity index (χ1n) is 5.47. The molecule has 0 heterocycles. The molecule has 0 rings (SSSR count). The van der Waals surface area contributed by atoms with Gasteiger partial charge in [0.05, 0.1) is 19.3 Å². The third-order valence-electron chi connectivity index (χ3n) is 2.90. The average molecular weight is 231 g/mol. The Morgan fingerprint density at radius 1 is 1.33 bits per heavy atom. The molecule has 6 heteroatoms. The lowest BCUT2D eigenvalue weighted by molar-refractivity contribution is 0.112. The maximum atomic E-state index is 9.12. The van der Waals surface area contributed by atoms with Crippen LogP contribution in [0, 0.1) is 0 Å². The molecule has 0 saturated heterocycles. The van der Waals surface area contributed by atoms with E-state index in [9.17, 15) is 0 Å². The second kappa shape index (κ2) is 7.70. The summed E-state index contributed by atoms with van der Waals surface area (Å²) < 4.78 is 5.96. The summed E-state index contributed by atoms with van der Waals surface area (Å²) in [6, 6.07) is 3.10. The van der Waals surface area contributed by atoms with Gasteiger partial charge in [0.2, 0.25) is 0 Å². The minimum Gasteiger partial charge on any atom is -0.411 e. The summed E-state index contributed by atoms with van der Waals surface area (Å²) in [4.78, 5) is 2.68. The fourth-order valence-corrected chi connectivity index (χ4v) is 4.47. The zero-order valence-electron chi connectivity index (χ0n) is 9.81. The van der Waals surface area contributed by atoms with Gasteiger partial charge in [0.15, 0.2) is 8.32 Å². The molecule has 0 aliphatic heterocycles. The first-order valence-corrected chi connectivity index (χ1v) is 8.00. The van der Waals surface area contributed by atoms with Crippen LogP contribution < -0.4 is 0 Å². The molecule has 0 aliphatic carbocycles. The highest BCUT2D eigenvalue weighted by molar-refractivity contribution is 6.73. The van der Waals surface area contributed by atoms with E-state index in [-0.39, 0.29) is 19.3 Å². The third-order valence-corrected chi connectivity index (χ3v) is 7.60. The molecule has 0 aromatic rings. The van der Waals surface area contributed by atoms with Crippen LogP contribution in [0.4, 0.5) is 0 Å². The Bertz CT molecular complexity index is 207. The van der Waals surface area contributed by atoms with E-state index in [1.54, 1.807) is 0 Å². The summed E-state index contributed by atoms with van der Waals surface area (Å²) in [6.45, 7) is 6.53. The predicted molar refractivity (Wildman–Crippen MR) is 63.2 cm³/mol. The average Bonchev–Trinajstić information content (AvgIpc) is 2.30. The zero-order chi connectivity index (χ0) is 11.7. The van der Waals surface area contributed by atoms with Crippen molar-refractivity contribution >= 4 is 8.32 Å². The first-order chi connectivity index (χ1) is 7.17. The van der Waals surface area contributed by atoms with Gasteiger partial charge in [-0.2, -0.15) is 0 Å². The van der Waals surface area contributed by atoms with Crippen molar-refractivity contribution in [1.29, 1.82) is 0 Å². The lowest BCUT2D eigenvalue weighted by Crippen LogP contribution is -2.42. The fourth-order valence-electron chi connectivity index (χ4n) is 1.61. The number of hydrogen-bond acceptors (Lipinski definition) is 3. The van der Waals surface area contributed by atoms with Gasteiger partial charge in [0, 0.05) is 4.91 Å². The van der Waals surface area contributed by atoms with Crippen molar-refractivity contribution in [2.24, 2.45) is 5.11 Å². The summed E-state index contributed by atoms with van der Waals surface area (Å²) in [7, 11) is -1.69. The molecule has 0 aromatic heterocycles. The maximum absolute atomic E-state index is 9.12. The molecule has 1 atom stereocenters. The molecule has 0 amide bonds. The van der Waals surface area contributed by atoms with Crippen LogP contribution in [0.25, 0.3) is 10.4 Å². The lowest BCUT2D eigenvalue weighted by atomic mass is 10.4. The van der Waals surface area contributed by atoms with E-state index < -0.39 is 8.32 Å². The lowest BCUT2D eigenvalue weighted by Gasteiger charge is -2.31. The van der Waals surface area contributed by atoms with E-state index in [0.29, 0.717) is 0 Å². The van der Waals surface area contributed by atoms with E-state index in [1.165, 1.54) is 0 Å². The molecular weight excluding hydrogens is 210 g/mol. The van der Waals surface area contributed by atoms with E-state index in [4.69, 9.17) is 15.1 Å². The fraction of sp³-hybridized carbons (Fsp3) is 1.00. The van der Waals surface area contributed by atoms with Gasteiger partial charge in [0.1, 0.15) is 0 Å². The highest BCUT2D eigenvalue weighted by Crippen LogP contribution is 2.23. The Balaban J connectivity index is 4.39. The molecule has 1 N–H and O–H groups in total. The van der Waals surface area contributed by atoms with Crippen molar-refractivity contribution in [2.75, 3.05) is 13.2 Å². The summed E-state index contributed by atoms with van der Waals surface area (Å²) in [5.41, 5.74) is 8.21. The van der Waals surface area contributed by atoms with Crippen molar-refractivity contribution in [1.82, 2.24) is 0 Å². The van der Waals surface area contributed by atoms with Crippen LogP contribution in [-0.2, 0) is 4.43 Å². The first kappa shape index (κ1) is 14.4. The largest absolute Gasteiger partial charge is 0.411 e. The summed E-state index contributed by atoms with van der Waals surface area (Å²) in [5.74, 6) is 0. The standard InChI is InChI=1S/C9H21N3O2Si/c1-4-15(5-2,6-3)14-9(8-13)7-11-12-10/h9,13H,4-8H2,1-3H3/t9-/m0/s1. The van der Waals surface area contributed by atoms with Gasteiger partial charge in [-0.25, -0.2) is 0 Å². The quantitative estimate of drug-likeness (QED) is 0.302. The van der Waals surface area contributed by atoms with Gasteiger partial charge in [-0.15, -0.1) is 0 Å². The maximum Gasteiger partial charge on any atom is 0.192 e. The van der Waals surface area contributed by atoms with Crippen LogP contribution in [0.15, 0.2) is 5.11 Å². The molecule has 0 radical (unpaired) electrons. The van der Waals surface area contributed by atoms with Gasteiger partial charge in [0.25, 0.3) is 0 Å². The monoisotopic (exact) mass is 231 g/mol. The predicted octanol–water partition coefficient (Wildman–Crippen LogP) is 2.68. The number of azide groups is 1. The van der Waals surface area contributed by atoms with Crippen LogP contribution in [0.2, 0.25) is 18.1 Å². The minimum atomic E-state index is -1.69. The van der Waals surface area contributed by atoms with Crippen molar-refractivity contribution in [3.8, 4) is 0 Å². The van der Waals surface area contributed by atoms with Gasteiger partial charge < -0.3 is 9.53 Å². The molecule has 88 valence electrons. The molecule has 15 heavy (non-hydrogen) atoms. The summed E-state index contributed by atoms with van der Waals surface area (Å²) in [6.07, 6.45) is -0.326. The van der Waals surface area contributed by atoms with E-state index in [1.807, 2.05) is 0 Å². The molecular formula is C9H21N3O2Si. The second-order valence-corrected chi connectivity index (χ2v) is 8.30. The van der Waals surface area contributed by atoms with Gasteiger partial charge in [-0.3, -0.25) is 0 Å². The Labute approximate surface area is 92.2 Å². The topological polar surface area (TPSA) is 78.2 Å². The Morgan fingerprint density at radius 2 is 1.87 bits per heavy atom. The molecule has 0 aromatic carbocycles. The van der Waals surface area contributed by atoms with Crippen molar-refractivity contribution in [3.63, 3.8) is 0 Å². The summed E-state index contributed by atoms with van der Waals surface area (Å²) >= 11 is 0. The number of aliphatic hydroxyl groups is 1. The Morgan fingerprint density at radius 3 is 2.20 bits per heavy atom. The van der Waals surface area contributed by atoms with Crippen molar-refractivity contribution in [2.45, 2.75) is 45.0 Å². The van der Waals surface area contributed by atoms with E-state index in [2.05, 4.69) is 30.8 Å². The van der Waals surface area contributed by atoms with Crippen LogP contribution in [0.1, 0.15) is 20.8 Å². The molecule has 0 unspecified atom stereocenters. The Hall–Kier alpha value is -0.553. The Kier molecular flexibility index (Phi) is 7.42. The van der Waals surface area contributed by atoms with Crippen molar-refractivity contribution < 1.29 is 9.53 Å². The molecule has 5 nitrogen and oxygen atoms in total. The van der Waals surface area contributed by atoms with Crippen LogP contribution in [0.5, 0.6) is 0 Å². The van der Waals surface area contributed by atoms with E-state index in [0.717, 1.165) is 18.1 Å². The SMILES string of the molecule is CC[Si](CC)(CC)O[C@H](CO)CN=[N+]=[N-]. The molecule has 0 aliphatic rings. The summed E-state index contributed by atoms with van der Waals surface area (Å²) in [5, 5.41) is 12.6. The number of rotatable bonds is 8. The van der Waals surface area contributed by atoms with Crippen molar-refractivity contribution in [3.05, 3.63) is 10.4 Å². The minimum absolute atomic E-state index is 0.0756. The van der Waals surface area contributed by atoms with Crippen LogP contribution in [0.3, 0.4) is 0 Å². The van der Waals surface area contributed by atoms with Gasteiger partial charge in [-0.1, -0.05) is 25.9 Å². The van der Waals surface area contributed by atoms with Crippen LogP contribution in [-0.4, -0.2) is 32.7 Å². The molecule has 0 bridgehead atoms. The third kappa shape index (κ3) is 4.66. The van der Waals surface area contributed by atoms with Gasteiger partial charge in [-0.05, 0) is 23.7 Å².